The molecule has 0 saturated carbocycles. The molecular formula is C27H30FN3O4S. The molecule has 0 aliphatic heterocycles. The zero-order chi connectivity index (χ0) is 25.5. The summed E-state index contributed by atoms with van der Waals surface area (Å²) >= 11 is 0.974. The molecule has 0 aliphatic carbocycles. The van der Waals surface area contributed by atoms with Crippen molar-refractivity contribution < 1.29 is 19.3 Å². The highest BCUT2D eigenvalue weighted by Gasteiger charge is 2.16. The molecule has 4 rings (SSSR count). The summed E-state index contributed by atoms with van der Waals surface area (Å²) in [6, 6.07) is 16.0. The van der Waals surface area contributed by atoms with E-state index in [9.17, 15) is 19.4 Å². The fourth-order valence-electron chi connectivity index (χ4n) is 4.16. The van der Waals surface area contributed by atoms with Gasteiger partial charge in [0.1, 0.15) is 22.8 Å². The highest BCUT2D eigenvalue weighted by molar-refractivity contribution is 7.16. The van der Waals surface area contributed by atoms with Gasteiger partial charge in [0, 0.05) is 24.2 Å². The van der Waals surface area contributed by atoms with Gasteiger partial charge in [-0.15, -0.1) is 0 Å². The molecule has 0 aliphatic rings. The van der Waals surface area contributed by atoms with Crippen LogP contribution in [0.1, 0.15) is 28.4 Å². The Morgan fingerprint density at radius 2 is 1.86 bits per heavy atom. The first-order valence-electron chi connectivity index (χ1n) is 11.8. The van der Waals surface area contributed by atoms with Crippen molar-refractivity contribution in [1.82, 2.24) is 15.6 Å². The van der Waals surface area contributed by atoms with Crippen LogP contribution in [0.5, 0.6) is 11.5 Å². The normalized spacial score (nSPS) is 12.2. The second-order valence-corrected chi connectivity index (χ2v) is 9.51. The number of hydrogen-bond acceptors (Lipinski definition) is 7. The molecule has 0 amide bonds. The number of ether oxygens (including phenoxy) is 1. The first-order valence-corrected chi connectivity index (χ1v) is 12.6. The van der Waals surface area contributed by atoms with Crippen LogP contribution in [0.2, 0.25) is 0 Å². The first kappa shape index (κ1) is 25.8. The van der Waals surface area contributed by atoms with Gasteiger partial charge in [0.15, 0.2) is 0 Å². The van der Waals surface area contributed by atoms with E-state index in [1.807, 2.05) is 18.2 Å². The number of aromatic hydroxyl groups is 1. The molecule has 0 fully saturated rings. The Morgan fingerprint density at radius 1 is 1.06 bits per heavy atom. The Balaban J connectivity index is 1.28. The first-order chi connectivity index (χ1) is 17.5. The number of H-pyrrole nitrogens is 1. The molecule has 0 bridgehead atoms. The summed E-state index contributed by atoms with van der Waals surface area (Å²) in [6.07, 6.45) is 0.541. The number of nitrogens with one attached hydrogen (secondary N) is 3. The quantitative estimate of drug-likeness (QED) is 0.186. The second-order valence-electron chi connectivity index (χ2n) is 8.53. The minimum absolute atomic E-state index is 0.00992. The Morgan fingerprint density at radius 3 is 2.67 bits per heavy atom. The maximum atomic E-state index is 13.8. The molecule has 190 valence electrons. The predicted molar refractivity (Wildman–Crippen MR) is 140 cm³/mol. The third kappa shape index (κ3) is 6.30. The monoisotopic (exact) mass is 511 g/mol. The summed E-state index contributed by atoms with van der Waals surface area (Å²) in [5.41, 5.74) is 3.80. The molecule has 1 aromatic heterocycles. The van der Waals surface area contributed by atoms with Crippen LogP contribution in [0.4, 0.5) is 4.39 Å². The van der Waals surface area contributed by atoms with Gasteiger partial charge in [-0.1, -0.05) is 47.7 Å². The number of benzene rings is 3. The van der Waals surface area contributed by atoms with E-state index in [1.165, 1.54) is 12.1 Å². The molecule has 7 nitrogen and oxygen atoms in total. The third-order valence-corrected chi connectivity index (χ3v) is 7.00. The molecule has 0 spiro atoms. The summed E-state index contributed by atoms with van der Waals surface area (Å²) in [6.45, 7) is 2.21. The number of phenolic OH excluding ortho intramolecular Hbond substituents is 1. The van der Waals surface area contributed by atoms with E-state index in [2.05, 4.69) is 21.7 Å². The lowest BCUT2D eigenvalue weighted by atomic mass is 10.1. The van der Waals surface area contributed by atoms with Crippen molar-refractivity contribution in [2.24, 2.45) is 0 Å². The standard InChI is InChI=1S/C27H30FN3O4S/c1-35-24-9-6-17(14-19(24)15-29-13-11-18-4-2-3-5-21(18)28)10-12-30-16-23(33)20-7-8-22(32)25-26(20)36-27(34)31-25/h2-9,14,23,29-30,32-33H,10-13,15-16H2,1H3,(H,31,34)/t23-/m0/s1. The zero-order valence-electron chi connectivity index (χ0n) is 20.0. The highest BCUT2D eigenvalue weighted by Crippen LogP contribution is 2.31. The maximum absolute atomic E-state index is 13.8. The lowest BCUT2D eigenvalue weighted by molar-refractivity contribution is 0.176. The maximum Gasteiger partial charge on any atom is 0.305 e. The predicted octanol–water partition coefficient (Wildman–Crippen LogP) is 3.64. The number of methoxy groups -OCH3 is 1. The largest absolute Gasteiger partial charge is 0.506 e. The van der Waals surface area contributed by atoms with Crippen molar-refractivity contribution in [2.45, 2.75) is 25.5 Å². The number of phenols is 1. The number of hydrogen-bond donors (Lipinski definition) is 5. The SMILES string of the molecule is COc1ccc(CCNC[C@H](O)c2ccc(O)c3[nH]c(=O)sc23)cc1CNCCc1ccccc1F. The molecule has 1 atom stereocenters. The summed E-state index contributed by atoms with van der Waals surface area (Å²) in [7, 11) is 1.64. The highest BCUT2D eigenvalue weighted by atomic mass is 32.1. The van der Waals surface area contributed by atoms with Gasteiger partial charge in [0.25, 0.3) is 0 Å². The van der Waals surface area contributed by atoms with Gasteiger partial charge in [0.2, 0.25) is 0 Å². The number of aromatic amines is 1. The van der Waals surface area contributed by atoms with Crippen LogP contribution in [0, 0.1) is 5.82 Å². The second kappa shape index (κ2) is 12.1. The van der Waals surface area contributed by atoms with Crippen molar-refractivity contribution in [3.8, 4) is 11.5 Å². The number of aliphatic hydroxyl groups excluding tert-OH is 1. The van der Waals surface area contributed by atoms with Crippen LogP contribution in [-0.2, 0) is 19.4 Å². The van der Waals surface area contributed by atoms with Crippen LogP contribution in [0.15, 0.2) is 59.4 Å². The fourth-order valence-corrected chi connectivity index (χ4v) is 5.07. The van der Waals surface area contributed by atoms with Crippen molar-refractivity contribution in [1.29, 1.82) is 0 Å². The molecule has 9 heteroatoms. The van der Waals surface area contributed by atoms with Gasteiger partial charge in [-0.05, 0) is 55.3 Å². The van der Waals surface area contributed by atoms with Gasteiger partial charge in [-0.2, -0.15) is 0 Å². The molecule has 0 saturated heterocycles. The number of fused-ring (bicyclic) bond motifs is 1. The minimum atomic E-state index is -0.815. The number of rotatable bonds is 12. The fraction of sp³-hybridized carbons (Fsp3) is 0.296. The lowest BCUT2D eigenvalue weighted by Gasteiger charge is -2.14. The number of halogens is 1. The van der Waals surface area contributed by atoms with Crippen molar-refractivity contribution in [2.75, 3.05) is 26.7 Å². The average Bonchev–Trinajstić information content (AvgIpc) is 3.28. The van der Waals surface area contributed by atoms with Gasteiger partial charge in [0.05, 0.1) is 17.9 Å². The molecular weight excluding hydrogens is 481 g/mol. The van der Waals surface area contributed by atoms with E-state index in [0.29, 0.717) is 53.9 Å². The third-order valence-electron chi connectivity index (χ3n) is 6.06. The molecule has 3 aromatic carbocycles. The smallest absolute Gasteiger partial charge is 0.305 e. The number of aliphatic hydroxyl groups is 1. The van der Waals surface area contributed by atoms with Crippen molar-refractivity contribution in [3.63, 3.8) is 0 Å². The Kier molecular flexibility index (Phi) is 8.71. The minimum Gasteiger partial charge on any atom is -0.506 e. The van der Waals surface area contributed by atoms with Crippen molar-refractivity contribution in [3.05, 3.63) is 92.3 Å². The van der Waals surface area contributed by atoms with Crippen LogP contribution < -0.4 is 20.2 Å². The number of thiazole rings is 1. The van der Waals surface area contributed by atoms with E-state index in [-0.39, 0.29) is 16.4 Å². The van der Waals surface area contributed by atoms with E-state index in [0.717, 1.165) is 34.6 Å². The van der Waals surface area contributed by atoms with Crippen LogP contribution >= 0.6 is 11.3 Å². The molecule has 1 heterocycles. The molecule has 5 N–H and O–H groups in total. The van der Waals surface area contributed by atoms with Gasteiger partial charge in [-0.25, -0.2) is 4.39 Å². The Bertz CT molecular complexity index is 1370. The topological polar surface area (TPSA) is 107 Å². The van der Waals surface area contributed by atoms with Gasteiger partial charge in [-0.3, -0.25) is 4.79 Å². The summed E-state index contributed by atoms with van der Waals surface area (Å²) in [4.78, 5) is 14.0. The van der Waals surface area contributed by atoms with Crippen molar-refractivity contribution >= 4 is 21.6 Å². The molecule has 36 heavy (non-hydrogen) atoms. The van der Waals surface area contributed by atoms with Gasteiger partial charge < -0.3 is 30.6 Å². The summed E-state index contributed by atoms with van der Waals surface area (Å²) < 4.78 is 19.9. The molecule has 4 aromatic rings. The zero-order valence-corrected chi connectivity index (χ0v) is 20.8. The average molecular weight is 512 g/mol. The van der Waals surface area contributed by atoms with E-state index >= 15 is 0 Å². The molecule has 0 radical (unpaired) electrons. The van der Waals surface area contributed by atoms with E-state index in [1.54, 1.807) is 25.3 Å². The Labute approximate surface area is 212 Å². The summed E-state index contributed by atoms with van der Waals surface area (Å²) in [5, 5.41) is 27.2. The van der Waals surface area contributed by atoms with Crippen LogP contribution in [-0.4, -0.2) is 41.9 Å². The summed E-state index contributed by atoms with van der Waals surface area (Å²) in [5.74, 6) is 0.599. The van der Waals surface area contributed by atoms with E-state index in [4.69, 9.17) is 4.74 Å². The van der Waals surface area contributed by atoms with Crippen LogP contribution in [0.3, 0.4) is 0 Å². The lowest BCUT2D eigenvalue weighted by Crippen LogP contribution is -2.24. The van der Waals surface area contributed by atoms with E-state index < -0.39 is 6.10 Å². The van der Waals surface area contributed by atoms with Gasteiger partial charge >= 0.3 is 4.87 Å². The number of aromatic nitrogens is 1. The Hall–Kier alpha value is -3.24. The molecule has 0 unspecified atom stereocenters. The van der Waals surface area contributed by atoms with Crippen LogP contribution in [0.25, 0.3) is 10.2 Å².